The van der Waals surface area contributed by atoms with Gasteiger partial charge in [0.25, 0.3) is 0 Å². The van der Waals surface area contributed by atoms with Crippen LogP contribution in [-0.4, -0.2) is 24.8 Å². The monoisotopic (exact) mass is 344 g/mol. The van der Waals surface area contributed by atoms with Gasteiger partial charge in [0.15, 0.2) is 11.7 Å². The van der Waals surface area contributed by atoms with Crippen LogP contribution in [0.25, 0.3) is 0 Å². The number of ether oxygens (including phenoxy) is 1. The molecule has 25 heavy (non-hydrogen) atoms. The van der Waals surface area contributed by atoms with E-state index in [1.54, 1.807) is 7.11 Å². The number of aromatic nitrogens is 1. The van der Waals surface area contributed by atoms with Crippen molar-refractivity contribution in [1.29, 1.82) is 0 Å². The Hall–Kier alpha value is -2.34. The second-order valence-corrected chi connectivity index (χ2v) is 6.17. The first-order valence-corrected chi connectivity index (χ1v) is 8.66. The number of hydrogen-bond acceptors (Lipinski definition) is 4. The number of methoxy groups -OCH3 is 1. The molecule has 136 valence electrons. The highest BCUT2D eigenvalue weighted by molar-refractivity contribution is 5.79. The van der Waals surface area contributed by atoms with E-state index in [2.05, 4.69) is 52.8 Å². The van der Waals surface area contributed by atoms with E-state index in [1.165, 1.54) is 0 Å². The Kier molecular flexibility index (Phi) is 7.47. The molecule has 0 aliphatic carbocycles. The van der Waals surface area contributed by atoms with Crippen LogP contribution in [0.2, 0.25) is 0 Å². The number of benzene rings is 1. The molecule has 0 aliphatic rings. The van der Waals surface area contributed by atoms with Crippen molar-refractivity contribution in [3.8, 4) is 0 Å². The molecule has 2 N–H and O–H groups in total. The fourth-order valence-corrected chi connectivity index (χ4v) is 2.35. The Bertz CT molecular complexity index is 680. The first-order valence-electron chi connectivity index (χ1n) is 8.66. The van der Waals surface area contributed by atoms with E-state index < -0.39 is 0 Å². The Morgan fingerprint density at radius 2 is 2.04 bits per heavy atom. The molecule has 6 heteroatoms. The average molecular weight is 344 g/mol. The summed E-state index contributed by atoms with van der Waals surface area (Å²) in [5.41, 5.74) is 3.26. The Morgan fingerprint density at radius 3 is 2.72 bits per heavy atom. The van der Waals surface area contributed by atoms with E-state index in [-0.39, 0.29) is 0 Å². The van der Waals surface area contributed by atoms with Crippen LogP contribution in [0.15, 0.2) is 39.8 Å². The maximum atomic E-state index is 5.35. The third-order valence-electron chi connectivity index (χ3n) is 3.67. The Morgan fingerprint density at radius 1 is 1.24 bits per heavy atom. The summed E-state index contributed by atoms with van der Waals surface area (Å²) in [7, 11) is 1.70. The molecule has 0 bridgehead atoms. The molecule has 1 aromatic heterocycles. The van der Waals surface area contributed by atoms with Gasteiger partial charge in [-0.25, -0.2) is 4.99 Å². The van der Waals surface area contributed by atoms with E-state index in [0.29, 0.717) is 25.6 Å². The standard InChI is InChI=1S/C19H28N4O2/c1-5-20-19(22-12-17-10-18(14(2)3)23-25-17)21-11-15-7-6-8-16(9-15)13-24-4/h6-10,14H,5,11-13H2,1-4H3,(H2,20,21,22). The van der Waals surface area contributed by atoms with Gasteiger partial charge < -0.3 is 19.9 Å². The molecule has 0 atom stereocenters. The van der Waals surface area contributed by atoms with Gasteiger partial charge in [0, 0.05) is 19.7 Å². The summed E-state index contributed by atoms with van der Waals surface area (Å²) in [5, 5.41) is 10.6. The van der Waals surface area contributed by atoms with Gasteiger partial charge in [0.2, 0.25) is 0 Å². The van der Waals surface area contributed by atoms with Gasteiger partial charge in [-0.3, -0.25) is 0 Å². The van der Waals surface area contributed by atoms with E-state index >= 15 is 0 Å². The lowest BCUT2D eigenvalue weighted by atomic mass is 10.1. The van der Waals surface area contributed by atoms with Crippen LogP contribution in [0, 0.1) is 0 Å². The molecule has 0 aliphatic heterocycles. The highest BCUT2D eigenvalue weighted by atomic mass is 16.5. The molecule has 1 aromatic carbocycles. The molecule has 0 unspecified atom stereocenters. The van der Waals surface area contributed by atoms with Gasteiger partial charge in [-0.05, 0) is 24.0 Å². The number of guanidine groups is 1. The van der Waals surface area contributed by atoms with Crippen molar-refractivity contribution in [3.63, 3.8) is 0 Å². The summed E-state index contributed by atoms with van der Waals surface area (Å²) < 4.78 is 10.5. The maximum Gasteiger partial charge on any atom is 0.191 e. The molecule has 0 fully saturated rings. The van der Waals surface area contributed by atoms with Crippen LogP contribution in [0.4, 0.5) is 0 Å². The molecule has 6 nitrogen and oxygen atoms in total. The number of hydrogen-bond donors (Lipinski definition) is 2. The fraction of sp³-hybridized carbons (Fsp3) is 0.474. The lowest BCUT2D eigenvalue weighted by Crippen LogP contribution is -2.36. The van der Waals surface area contributed by atoms with Crippen molar-refractivity contribution in [3.05, 3.63) is 52.9 Å². The first-order chi connectivity index (χ1) is 12.1. The average Bonchev–Trinajstić information content (AvgIpc) is 3.07. The normalized spacial score (nSPS) is 11.8. The lowest BCUT2D eigenvalue weighted by molar-refractivity contribution is 0.185. The van der Waals surface area contributed by atoms with Crippen LogP contribution >= 0.6 is 0 Å². The molecule has 0 saturated carbocycles. The van der Waals surface area contributed by atoms with Gasteiger partial charge in [0.1, 0.15) is 0 Å². The van der Waals surface area contributed by atoms with Crippen molar-refractivity contribution in [2.75, 3.05) is 13.7 Å². The summed E-state index contributed by atoms with van der Waals surface area (Å²) in [4.78, 5) is 4.63. The van der Waals surface area contributed by atoms with Crippen molar-refractivity contribution >= 4 is 5.96 Å². The van der Waals surface area contributed by atoms with Gasteiger partial charge in [-0.15, -0.1) is 0 Å². The van der Waals surface area contributed by atoms with E-state index in [1.807, 2.05) is 19.1 Å². The molecular weight excluding hydrogens is 316 g/mol. The van der Waals surface area contributed by atoms with Crippen molar-refractivity contribution in [2.24, 2.45) is 4.99 Å². The van der Waals surface area contributed by atoms with Gasteiger partial charge in [-0.2, -0.15) is 0 Å². The summed E-state index contributed by atoms with van der Waals surface area (Å²) in [6.45, 7) is 8.79. The second kappa shape index (κ2) is 9.84. The SMILES string of the molecule is CCNC(=NCc1cccc(COC)c1)NCc1cc(C(C)C)no1. The zero-order valence-corrected chi connectivity index (χ0v) is 15.5. The van der Waals surface area contributed by atoms with Crippen molar-refractivity contribution in [1.82, 2.24) is 15.8 Å². The topological polar surface area (TPSA) is 71.7 Å². The van der Waals surface area contributed by atoms with Gasteiger partial charge in [0.05, 0.1) is 25.4 Å². The summed E-state index contributed by atoms with van der Waals surface area (Å²) in [6, 6.07) is 10.2. The van der Waals surface area contributed by atoms with Crippen LogP contribution in [0.5, 0.6) is 0 Å². The van der Waals surface area contributed by atoms with E-state index in [9.17, 15) is 0 Å². The summed E-state index contributed by atoms with van der Waals surface area (Å²) >= 11 is 0. The van der Waals surface area contributed by atoms with Crippen LogP contribution in [-0.2, 0) is 24.4 Å². The predicted octanol–water partition coefficient (Wildman–Crippen LogP) is 3.20. The first kappa shape index (κ1) is 19.0. The minimum atomic E-state index is 0.360. The number of aliphatic imine (C=N–C) groups is 1. The Balaban J connectivity index is 1.96. The molecule has 0 radical (unpaired) electrons. The quantitative estimate of drug-likeness (QED) is 0.568. The molecule has 1 heterocycles. The molecule has 0 amide bonds. The minimum Gasteiger partial charge on any atom is -0.380 e. The van der Waals surface area contributed by atoms with Crippen molar-refractivity contribution in [2.45, 2.75) is 46.4 Å². The maximum absolute atomic E-state index is 5.35. The second-order valence-electron chi connectivity index (χ2n) is 6.17. The third-order valence-corrected chi connectivity index (χ3v) is 3.67. The minimum absolute atomic E-state index is 0.360. The van der Waals surface area contributed by atoms with E-state index in [0.717, 1.165) is 35.1 Å². The predicted molar refractivity (Wildman–Crippen MR) is 99.4 cm³/mol. The van der Waals surface area contributed by atoms with Crippen LogP contribution < -0.4 is 10.6 Å². The zero-order chi connectivity index (χ0) is 18.1. The zero-order valence-electron chi connectivity index (χ0n) is 15.5. The molecule has 2 aromatic rings. The molecule has 0 saturated heterocycles. The summed E-state index contributed by atoms with van der Waals surface area (Å²) in [6.07, 6.45) is 0. The smallest absolute Gasteiger partial charge is 0.191 e. The molecule has 0 spiro atoms. The van der Waals surface area contributed by atoms with Crippen molar-refractivity contribution < 1.29 is 9.26 Å². The van der Waals surface area contributed by atoms with Crippen LogP contribution in [0.1, 0.15) is 49.3 Å². The van der Waals surface area contributed by atoms with E-state index in [4.69, 9.17) is 9.26 Å². The van der Waals surface area contributed by atoms with Gasteiger partial charge >= 0.3 is 0 Å². The number of rotatable bonds is 8. The highest BCUT2D eigenvalue weighted by Gasteiger charge is 2.08. The van der Waals surface area contributed by atoms with Gasteiger partial charge in [-0.1, -0.05) is 43.3 Å². The number of nitrogens with one attached hydrogen (secondary N) is 2. The molecular formula is C19H28N4O2. The van der Waals surface area contributed by atoms with Crippen LogP contribution in [0.3, 0.4) is 0 Å². The number of nitrogens with zero attached hydrogens (tertiary/aromatic N) is 2. The lowest BCUT2D eigenvalue weighted by Gasteiger charge is -2.10. The summed E-state index contributed by atoms with van der Waals surface area (Å²) in [5.74, 6) is 1.91. The Labute approximate surface area is 149 Å². The highest BCUT2D eigenvalue weighted by Crippen LogP contribution is 2.13. The largest absolute Gasteiger partial charge is 0.380 e. The fourth-order valence-electron chi connectivity index (χ4n) is 2.35. The molecule has 2 rings (SSSR count). The third kappa shape index (κ3) is 6.23.